The zero-order chi connectivity index (χ0) is 10.8. The van der Waals surface area contributed by atoms with E-state index in [-0.39, 0.29) is 0 Å². The lowest BCUT2D eigenvalue weighted by Crippen LogP contribution is -2.06. The molecular weight excluding hydrogens is 206 g/mol. The van der Waals surface area contributed by atoms with Crippen LogP contribution in [0.5, 0.6) is 0 Å². The van der Waals surface area contributed by atoms with Crippen LogP contribution in [-0.2, 0) is 0 Å². The number of aromatic nitrogens is 2. The van der Waals surface area contributed by atoms with E-state index >= 15 is 0 Å². The third kappa shape index (κ3) is 2.09. The quantitative estimate of drug-likeness (QED) is 0.836. The first-order chi connectivity index (χ1) is 7.22. The van der Waals surface area contributed by atoms with Crippen LogP contribution in [0.4, 0.5) is 5.82 Å². The summed E-state index contributed by atoms with van der Waals surface area (Å²) in [6.07, 6.45) is 2.51. The van der Waals surface area contributed by atoms with E-state index < -0.39 is 0 Å². The van der Waals surface area contributed by atoms with Crippen LogP contribution in [-0.4, -0.2) is 22.8 Å². The number of rotatable bonds is 2. The van der Waals surface area contributed by atoms with Gasteiger partial charge in [0.1, 0.15) is 11.6 Å². The number of anilines is 1. The minimum atomic E-state index is 0.511. The van der Waals surface area contributed by atoms with Gasteiger partial charge >= 0.3 is 0 Å². The molecule has 0 aliphatic carbocycles. The summed E-state index contributed by atoms with van der Waals surface area (Å²) in [7, 11) is 1.92. The van der Waals surface area contributed by atoms with E-state index in [1.807, 2.05) is 18.8 Å². The molecule has 2 heterocycles. The summed E-state index contributed by atoms with van der Waals surface area (Å²) in [6.45, 7) is 4.12. The Morgan fingerprint density at radius 3 is 2.73 bits per heavy atom. The number of hydrogen-bond donors (Lipinski definition) is 1. The predicted molar refractivity (Wildman–Crippen MR) is 65.5 cm³/mol. The Hall–Kier alpha value is -0.770. The summed E-state index contributed by atoms with van der Waals surface area (Å²) in [5, 5.41) is 3.65. The molecule has 0 amide bonds. The van der Waals surface area contributed by atoms with Crippen molar-refractivity contribution in [1.29, 1.82) is 0 Å². The van der Waals surface area contributed by atoms with Crippen LogP contribution >= 0.6 is 11.8 Å². The molecule has 0 spiro atoms. The molecule has 1 N–H and O–H groups in total. The van der Waals surface area contributed by atoms with Crippen molar-refractivity contribution in [2.45, 2.75) is 31.9 Å². The lowest BCUT2D eigenvalue weighted by Gasteiger charge is -2.12. The van der Waals surface area contributed by atoms with Gasteiger partial charge < -0.3 is 5.32 Å². The molecule has 4 heteroatoms. The summed E-state index contributed by atoms with van der Waals surface area (Å²) in [6, 6.07) is 0. The average Bonchev–Trinajstić information content (AvgIpc) is 2.75. The van der Waals surface area contributed by atoms with E-state index in [9.17, 15) is 0 Å². The molecular formula is C11H17N3S. The van der Waals surface area contributed by atoms with Crippen LogP contribution in [0.2, 0.25) is 0 Å². The van der Waals surface area contributed by atoms with Crippen molar-refractivity contribution < 1.29 is 0 Å². The smallest absolute Gasteiger partial charge is 0.143 e. The number of nitrogens with zero attached hydrogens (tertiary/aromatic N) is 2. The molecule has 1 aliphatic heterocycles. The average molecular weight is 223 g/mol. The Morgan fingerprint density at radius 1 is 1.33 bits per heavy atom. The fourth-order valence-corrected chi connectivity index (χ4v) is 3.02. The fraction of sp³-hybridized carbons (Fsp3) is 0.636. The van der Waals surface area contributed by atoms with Crippen molar-refractivity contribution in [1.82, 2.24) is 9.97 Å². The zero-order valence-corrected chi connectivity index (χ0v) is 10.3. The highest BCUT2D eigenvalue weighted by Crippen LogP contribution is 2.38. The minimum absolute atomic E-state index is 0.511. The molecule has 0 aromatic carbocycles. The summed E-state index contributed by atoms with van der Waals surface area (Å²) in [4.78, 5) is 9.18. The van der Waals surface area contributed by atoms with Crippen molar-refractivity contribution in [2.24, 2.45) is 0 Å². The molecule has 1 fully saturated rings. The topological polar surface area (TPSA) is 37.8 Å². The van der Waals surface area contributed by atoms with Gasteiger partial charge in [-0.1, -0.05) is 0 Å². The van der Waals surface area contributed by atoms with E-state index in [1.165, 1.54) is 18.6 Å². The molecule has 1 aliphatic rings. The Morgan fingerprint density at radius 2 is 2.13 bits per heavy atom. The largest absolute Gasteiger partial charge is 0.373 e. The molecule has 2 rings (SSSR count). The molecule has 15 heavy (non-hydrogen) atoms. The number of aryl methyl sites for hydroxylation is 1. The predicted octanol–water partition coefficient (Wildman–Crippen LogP) is 2.70. The second kappa shape index (κ2) is 4.39. The maximum absolute atomic E-state index is 4.59. The van der Waals surface area contributed by atoms with Crippen LogP contribution in [0.15, 0.2) is 0 Å². The van der Waals surface area contributed by atoms with E-state index in [4.69, 9.17) is 0 Å². The van der Waals surface area contributed by atoms with Gasteiger partial charge in [0.25, 0.3) is 0 Å². The van der Waals surface area contributed by atoms with Gasteiger partial charge in [-0.2, -0.15) is 11.8 Å². The summed E-state index contributed by atoms with van der Waals surface area (Å²) in [5.41, 5.74) is 2.25. The summed E-state index contributed by atoms with van der Waals surface area (Å²) in [5.74, 6) is 3.23. The van der Waals surface area contributed by atoms with Crippen molar-refractivity contribution in [3.8, 4) is 0 Å². The molecule has 1 unspecified atom stereocenters. The maximum atomic E-state index is 4.59. The van der Waals surface area contributed by atoms with Gasteiger partial charge in [0.05, 0.1) is 5.25 Å². The van der Waals surface area contributed by atoms with Gasteiger partial charge in [-0.3, -0.25) is 0 Å². The number of thioether (sulfide) groups is 1. The monoisotopic (exact) mass is 223 g/mol. The molecule has 1 aromatic heterocycles. The van der Waals surface area contributed by atoms with Crippen molar-refractivity contribution >= 4 is 17.6 Å². The molecule has 1 atom stereocenters. The van der Waals surface area contributed by atoms with Gasteiger partial charge in [0.15, 0.2) is 0 Å². The van der Waals surface area contributed by atoms with Crippen molar-refractivity contribution in [3.63, 3.8) is 0 Å². The third-order valence-corrected chi connectivity index (χ3v) is 4.23. The Labute approximate surface area is 95.1 Å². The second-order valence-electron chi connectivity index (χ2n) is 3.89. The van der Waals surface area contributed by atoms with Gasteiger partial charge in [0, 0.05) is 18.3 Å². The van der Waals surface area contributed by atoms with Gasteiger partial charge in [0.2, 0.25) is 0 Å². The maximum Gasteiger partial charge on any atom is 0.143 e. The SMILES string of the molecule is CNc1nc(C2CCCS2)nc(C)c1C. The van der Waals surface area contributed by atoms with Crippen molar-refractivity contribution in [2.75, 3.05) is 18.1 Å². The standard InChI is InChI=1S/C11H17N3S/c1-7-8(2)13-11(14-10(7)12-3)9-5-4-6-15-9/h9H,4-6H2,1-3H3,(H,12,13,14). The van der Waals surface area contributed by atoms with Crippen LogP contribution < -0.4 is 5.32 Å². The van der Waals surface area contributed by atoms with Crippen LogP contribution in [0.25, 0.3) is 0 Å². The lowest BCUT2D eigenvalue weighted by atomic mass is 10.2. The summed E-state index contributed by atoms with van der Waals surface area (Å²) < 4.78 is 0. The van der Waals surface area contributed by atoms with E-state index in [2.05, 4.69) is 29.1 Å². The first-order valence-electron chi connectivity index (χ1n) is 5.37. The van der Waals surface area contributed by atoms with E-state index in [0.717, 1.165) is 22.9 Å². The third-order valence-electron chi connectivity index (χ3n) is 2.86. The van der Waals surface area contributed by atoms with Gasteiger partial charge in [-0.15, -0.1) is 0 Å². The highest BCUT2D eigenvalue weighted by Gasteiger charge is 2.21. The summed E-state index contributed by atoms with van der Waals surface area (Å²) >= 11 is 1.98. The van der Waals surface area contributed by atoms with Gasteiger partial charge in [-0.25, -0.2) is 9.97 Å². The minimum Gasteiger partial charge on any atom is -0.373 e. The lowest BCUT2D eigenvalue weighted by molar-refractivity contribution is 0.770. The molecule has 82 valence electrons. The Kier molecular flexibility index (Phi) is 3.14. The van der Waals surface area contributed by atoms with Crippen LogP contribution in [0.3, 0.4) is 0 Å². The van der Waals surface area contributed by atoms with Crippen LogP contribution in [0.1, 0.15) is 35.2 Å². The first kappa shape index (κ1) is 10.7. The number of nitrogens with one attached hydrogen (secondary N) is 1. The Bertz CT molecular complexity index is 359. The highest BCUT2D eigenvalue weighted by molar-refractivity contribution is 7.99. The molecule has 0 saturated carbocycles. The Balaban J connectivity index is 2.35. The molecule has 0 radical (unpaired) electrons. The van der Waals surface area contributed by atoms with Crippen molar-refractivity contribution in [3.05, 3.63) is 17.1 Å². The second-order valence-corrected chi connectivity index (χ2v) is 5.20. The zero-order valence-electron chi connectivity index (χ0n) is 9.50. The van der Waals surface area contributed by atoms with Crippen LogP contribution in [0, 0.1) is 13.8 Å². The molecule has 0 bridgehead atoms. The fourth-order valence-electron chi connectivity index (χ4n) is 1.82. The van der Waals surface area contributed by atoms with E-state index in [0.29, 0.717) is 5.25 Å². The van der Waals surface area contributed by atoms with E-state index in [1.54, 1.807) is 0 Å². The molecule has 3 nitrogen and oxygen atoms in total. The number of hydrogen-bond acceptors (Lipinski definition) is 4. The normalized spacial score (nSPS) is 20.6. The molecule has 1 aromatic rings. The first-order valence-corrected chi connectivity index (χ1v) is 6.41. The van der Waals surface area contributed by atoms with Gasteiger partial charge in [-0.05, 0) is 32.4 Å². The molecule has 1 saturated heterocycles. The highest BCUT2D eigenvalue weighted by atomic mass is 32.2.